The maximum Gasteiger partial charge on any atom is 0.492 e. The fourth-order valence-corrected chi connectivity index (χ4v) is 4.69. The molecule has 0 spiro atoms. The largest absolute Gasteiger partial charge is 0.492 e. The Labute approximate surface area is 214 Å². The third-order valence-corrected chi connectivity index (χ3v) is 7.09. The van der Waals surface area contributed by atoms with E-state index in [2.05, 4.69) is 25.4 Å². The molecule has 11 nitrogen and oxygen atoms in total. The van der Waals surface area contributed by atoms with Crippen molar-refractivity contribution in [1.29, 1.82) is 0 Å². The van der Waals surface area contributed by atoms with Crippen LogP contribution in [0.15, 0.2) is 64.6 Å². The van der Waals surface area contributed by atoms with Crippen molar-refractivity contribution in [2.45, 2.75) is 22.5 Å². The Morgan fingerprint density at radius 2 is 1.65 bits per heavy atom. The van der Waals surface area contributed by atoms with Crippen LogP contribution < -0.4 is 15.5 Å². The molecule has 37 heavy (non-hydrogen) atoms. The summed E-state index contributed by atoms with van der Waals surface area (Å²) in [5.74, 6) is -2.18. The third-order valence-electron chi connectivity index (χ3n) is 4.46. The number of sulfone groups is 1. The van der Waals surface area contributed by atoms with E-state index in [1.54, 1.807) is 24.3 Å². The first kappa shape index (κ1) is 28.1. The molecule has 3 rings (SSSR count). The summed E-state index contributed by atoms with van der Waals surface area (Å²) in [6, 6.07) is 10.9. The fraction of sp³-hybridized carbons (Fsp3) is 0.150. The zero-order chi connectivity index (χ0) is 27.4. The summed E-state index contributed by atoms with van der Waals surface area (Å²) in [4.78, 5) is 22.7. The van der Waals surface area contributed by atoms with Gasteiger partial charge in [0.15, 0.2) is 9.84 Å². The van der Waals surface area contributed by atoms with Crippen LogP contribution in [0.4, 0.5) is 30.5 Å². The normalized spacial score (nSPS) is 12.1. The lowest BCUT2D eigenvalue weighted by Gasteiger charge is -2.14. The Balaban J connectivity index is 1.82. The number of hydrogen-bond donors (Lipinski definition) is 3. The van der Waals surface area contributed by atoms with Crippen LogP contribution >= 0.6 is 11.6 Å². The summed E-state index contributed by atoms with van der Waals surface area (Å²) < 4.78 is 86.0. The smallest absolute Gasteiger partial charge is 0.366 e. The Morgan fingerprint density at radius 1 is 1.00 bits per heavy atom. The van der Waals surface area contributed by atoms with Gasteiger partial charge in [-0.2, -0.15) is 13.2 Å². The Hall–Kier alpha value is -3.47. The minimum absolute atomic E-state index is 0.0571. The van der Waals surface area contributed by atoms with Gasteiger partial charge in [-0.3, -0.25) is 0 Å². The van der Waals surface area contributed by atoms with Gasteiger partial charge >= 0.3 is 12.1 Å². The monoisotopic (exact) mass is 579 g/mol. The van der Waals surface area contributed by atoms with Crippen molar-refractivity contribution in [3.63, 3.8) is 0 Å². The highest BCUT2D eigenvalue weighted by atomic mass is 35.5. The molecular formula is C20H17ClF3N5O6S2. The number of nitrogens with zero attached hydrogens (tertiary/aromatic N) is 2. The van der Waals surface area contributed by atoms with Crippen molar-refractivity contribution in [1.82, 2.24) is 14.9 Å². The number of carbonyl (C=O) groups excluding carboxylic acids is 1. The molecule has 0 bridgehead atoms. The van der Waals surface area contributed by atoms with Gasteiger partial charge in [-0.25, -0.2) is 31.6 Å². The highest BCUT2D eigenvalue weighted by molar-refractivity contribution is 7.91. The molecule has 0 aliphatic rings. The second kappa shape index (κ2) is 10.9. The third kappa shape index (κ3) is 7.75. The molecule has 0 saturated heterocycles. The molecule has 2 aromatic carbocycles. The van der Waals surface area contributed by atoms with Crippen molar-refractivity contribution in [2.24, 2.45) is 0 Å². The number of halogens is 4. The quantitative estimate of drug-likeness (QED) is 0.322. The highest BCUT2D eigenvalue weighted by Crippen LogP contribution is 2.23. The molecule has 0 atom stereocenters. The van der Waals surface area contributed by atoms with E-state index in [1.165, 1.54) is 12.4 Å². The first-order valence-corrected chi connectivity index (χ1v) is 13.6. The molecule has 198 valence electrons. The lowest BCUT2D eigenvalue weighted by molar-refractivity contribution is -0.203. The number of rotatable bonds is 9. The number of aromatic nitrogens is 2. The molecule has 0 aliphatic heterocycles. The molecule has 0 amide bonds. The summed E-state index contributed by atoms with van der Waals surface area (Å²) in [5.41, 5.74) is 0.614. The van der Waals surface area contributed by atoms with Gasteiger partial charge in [0, 0.05) is 29.6 Å². The number of carbonyl (C=O) groups is 1. The molecule has 3 aromatic rings. The molecule has 1 aromatic heterocycles. The molecule has 0 saturated carbocycles. The van der Waals surface area contributed by atoms with E-state index in [-0.39, 0.29) is 22.8 Å². The lowest BCUT2D eigenvalue weighted by Crippen LogP contribution is -2.34. The van der Waals surface area contributed by atoms with Gasteiger partial charge in [0.2, 0.25) is 0 Å². The van der Waals surface area contributed by atoms with Crippen LogP contribution in [0.5, 0.6) is 0 Å². The standard InChI is InChI=1S/C20H17ClF3N5O6S2/c1-36(31,32)16-7-6-15(37(33,34)29-35-19(30)20(22,23)24)8-12(16)10-25-17-9-18(27-11-26-17)28-14-4-2-13(21)3-5-14/h2-9,11,29H,10H2,1H3,(H2,25,26,27,28). The molecule has 0 aliphatic carbocycles. The number of anilines is 3. The first-order chi connectivity index (χ1) is 17.1. The van der Waals surface area contributed by atoms with Crippen LogP contribution in [0.3, 0.4) is 0 Å². The van der Waals surface area contributed by atoms with Crippen molar-refractivity contribution in [3.05, 3.63) is 65.4 Å². The van der Waals surface area contributed by atoms with Crippen LogP contribution in [0, 0.1) is 0 Å². The van der Waals surface area contributed by atoms with Crippen LogP contribution in [0.1, 0.15) is 5.56 Å². The van der Waals surface area contributed by atoms with E-state index < -0.39 is 36.9 Å². The zero-order valence-electron chi connectivity index (χ0n) is 18.6. The molecule has 1 heterocycles. The average Bonchev–Trinajstić information content (AvgIpc) is 2.81. The number of sulfonamides is 1. The van der Waals surface area contributed by atoms with E-state index in [9.17, 15) is 34.8 Å². The van der Waals surface area contributed by atoms with Gasteiger partial charge < -0.3 is 15.5 Å². The molecular weight excluding hydrogens is 563 g/mol. The number of alkyl halides is 3. The van der Waals surface area contributed by atoms with Gasteiger partial charge in [0.25, 0.3) is 10.0 Å². The number of benzene rings is 2. The SMILES string of the molecule is CS(=O)(=O)c1ccc(S(=O)(=O)NOC(=O)C(F)(F)F)cc1CNc1cc(Nc2ccc(Cl)cc2)ncn1. The second-order valence-corrected chi connectivity index (χ2v) is 11.4. The molecule has 17 heteroatoms. The molecule has 0 unspecified atom stereocenters. The van der Waals surface area contributed by atoms with E-state index in [0.717, 1.165) is 29.3 Å². The lowest BCUT2D eigenvalue weighted by atomic mass is 10.2. The van der Waals surface area contributed by atoms with Gasteiger partial charge in [0.05, 0.1) is 9.79 Å². The van der Waals surface area contributed by atoms with Gasteiger partial charge in [-0.15, -0.1) is 0 Å². The van der Waals surface area contributed by atoms with E-state index >= 15 is 0 Å². The van der Waals surface area contributed by atoms with Crippen molar-refractivity contribution < 1.29 is 39.6 Å². The number of nitrogens with one attached hydrogen (secondary N) is 3. The van der Waals surface area contributed by atoms with Gasteiger partial charge in [-0.05, 0) is 52.9 Å². The Morgan fingerprint density at radius 3 is 2.27 bits per heavy atom. The van der Waals surface area contributed by atoms with E-state index in [4.69, 9.17) is 11.6 Å². The first-order valence-electron chi connectivity index (χ1n) is 9.86. The number of hydrogen-bond acceptors (Lipinski definition) is 10. The van der Waals surface area contributed by atoms with Crippen LogP contribution in [0.2, 0.25) is 5.02 Å². The predicted molar refractivity (Wildman–Crippen MR) is 126 cm³/mol. The summed E-state index contributed by atoms with van der Waals surface area (Å²) in [6.45, 7) is -0.258. The van der Waals surface area contributed by atoms with Crippen LogP contribution in [-0.2, 0) is 36.0 Å². The molecule has 0 fully saturated rings. The van der Waals surface area contributed by atoms with Crippen molar-refractivity contribution >= 4 is 54.8 Å². The van der Waals surface area contributed by atoms with Crippen molar-refractivity contribution in [3.8, 4) is 0 Å². The summed E-state index contributed by atoms with van der Waals surface area (Å²) in [7, 11) is -8.63. The minimum atomic E-state index is -5.43. The molecule has 3 N–H and O–H groups in total. The highest BCUT2D eigenvalue weighted by Gasteiger charge is 2.42. The van der Waals surface area contributed by atoms with Gasteiger partial charge in [0.1, 0.15) is 18.0 Å². The van der Waals surface area contributed by atoms with Gasteiger partial charge in [-0.1, -0.05) is 11.6 Å². The average molecular weight is 580 g/mol. The maximum absolute atomic E-state index is 12.3. The van der Waals surface area contributed by atoms with Crippen molar-refractivity contribution in [2.75, 3.05) is 16.9 Å². The van der Waals surface area contributed by atoms with E-state index in [0.29, 0.717) is 16.5 Å². The predicted octanol–water partition coefficient (Wildman–Crippen LogP) is 3.19. The topological polar surface area (TPSA) is 156 Å². The fourth-order valence-electron chi connectivity index (χ4n) is 2.81. The molecule has 0 radical (unpaired) electrons. The summed E-state index contributed by atoms with van der Waals surface area (Å²) in [5, 5.41) is 6.38. The Kier molecular flexibility index (Phi) is 8.26. The van der Waals surface area contributed by atoms with Crippen LogP contribution in [0.25, 0.3) is 0 Å². The summed E-state index contributed by atoms with van der Waals surface area (Å²) in [6.07, 6.45) is -3.32. The minimum Gasteiger partial charge on any atom is -0.366 e. The second-order valence-electron chi connectivity index (χ2n) is 7.29. The van der Waals surface area contributed by atoms with E-state index in [1.807, 2.05) is 0 Å². The Bertz CT molecular complexity index is 1520. The maximum atomic E-state index is 12.3. The zero-order valence-corrected chi connectivity index (χ0v) is 21.0. The van der Waals surface area contributed by atoms with Crippen LogP contribution in [-0.4, -0.2) is 45.2 Å². The summed E-state index contributed by atoms with van der Waals surface area (Å²) >= 11 is 5.86.